The number of anilines is 1. The highest BCUT2D eigenvalue weighted by Gasteiger charge is 2.11. The third-order valence-corrected chi connectivity index (χ3v) is 2.43. The van der Waals surface area contributed by atoms with E-state index in [1.807, 2.05) is 18.2 Å². The van der Waals surface area contributed by atoms with E-state index in [9.17, 15) is 0 Å². The number of aliphatic hydroxyl groups excluding tert-OH is 1. The zero-order chi connectivity index (χ0) is 11.4. The molecule has 0 saturated carbocycles. The molecule has 1 atom stereocenters. The Bertz CT molecular complexity index is 352. The summed E-state index contributed by atoms with van der Waals surface area (Å²) in [6.07, 6.45) is 0.457. The fourth-order valence-electron chi connectivity index (χ4n) is 1.58. The molecule has 2 rings (SSSR count). The van der Waals surface area contributed by atoms with Crippen molar-refractivity contribution in [3.63, 3.8) is 0 Å². The molecular formula is C12H17NO3. The Morgan fingerprint density at radius 2 is 2.06 bits per heavy atom. The van der Waals surface area contributed by atoms with Crippen LogP contribution in [0.25, 0.3) is 0 Å². The summed E-state index contributed by atoms with van der Waals surface area (Å²) in [4.78, 5) is 0. The van der Waals surface area contributed by atoms with Crippen LogP contribution in [0.2, 0.25) is 0 Å². The number of hydrogen-bond acceptors (Lipinski definition) is 4. The molecule has 1 aliphatic rings. The number of fused-ring (bicyclic) bond motifs is 1. The van der Waals surface area contributed by atoms with E-state index in [1.165, 1.54) is 0 Å². The number of nitrogens with one attached hydrogen (secondary N) is 1. The van der Waals surface area contributed by atoms with Crippen LogP contribution in [-0.4, -0.2) is 31.0 Å². The van der Waals surface area contributed by atoms with Crippen molar-refractivity contribution >= 4 is 5.69 Å². The van der Waals surface area contributed by atoms with Gasteiger partial charge in [-0.05, 0) is 25.5 Å². The van der Waals surface area contributed by atoms with Crippen LogP contribution < -0.4 is 14.8 Å². The molecule has 1 heterocycles. The fourth-order valence-corrected chi connectivity index (χ4v) is 1.58. The topological polar surface area (TPSA) is 50.7 Å². The summed E-state index contributed by atoms with van der Waals surface area (Å²) >= 11 is 0. The smallest absolute Gasteiger partial charge is 0.163 e. The molecule has 1 aromatic carbocycles. The Hall–Kier alpha value is -1.42. The van der Waals surface area contributed by atoms with Gasteiger partial charge < -0.3 is 19.9 Å². The Kier molecular flexibility index (Phi) is 3.51. The SMILES string of the molecule is CC(O)CCNc1ccc2c(c1)OCCO2. The second kappa shape index (κ2) is 5.07. The Morgan fingerprint density at radius 1 is 1.31 bits per heavy atom. The lowest BCUT2D eigenvalue weighted by Crippen LogP contribution is -2.15. The van der Waals surface area contributed by atoms with Gasteiger partial charge in [-0.25, -0.2) is 0 Å². The van der Waals surface area contributed by atoms with Crippen molar-refractivity contribution in [2.75, 3.05) is 25.1 Å². The first-order valence-electron chi connectivity index (χ1n) is 5.57. The molecular weight excluding hydrogens is 206 g/mol. The van der Waals surface area contributed by atoms with Crippen molar-refractivity contribution in [3.05, 3.63) is 18.2 Å². The van der Waals surface area contributed by atoms with Crippen LogP contribution in [0.1, 0.15) is 13.3 Å². The molecule has 2 N–H and O–H groups in total. The minimum atomic E-state index is -0.273. The number of benzene rings is 1. The van der Waals surface area contributed by atoms with Gasteiger partial charge in [-0.15, -0.1) is 0 Å². The molecule has 1 unspecified atom stereocenters. The summed E-state index contributed by atoms with van der Waals surface area (Å²) in [7, 11) is 0. The zero-order valence-corrected chi connectivity index (χ0v) is 9.40. The van der Waals surface area contributed by atoms with Crippen LogP contribution in [0.5, 0.6) is 11.5 Å². The van der Waals surface area contributed by atoms with Crippen molar-refractivity contribution in [3.8, 4) is 11.5 Å². The van der Waals surface area contributed by atoms with E-state index in [4.69, 9.17) is 14.6 Å². The molecule has 16 heavy (non-hydrogen) atoms. The molecule has 0 spiro atoms. The molecule has 1 aliphatic heterocycles. The van der Waals surface area contributed by atoms with E-state index in [-0.39, 0.29) is 6.10 Å². The van der Waals surface area contributed by atoms with Crippen LogP contribution >= 0.6 is 0 Å². The predicted molar refractivity (Wildman–Crippen MR) is 62.2 cm³/mol. The average molecular weight is 223 g/mol. The van der Waals surface area contributed by atoms with E-state index >= 15 is 0 Å². The predicted octanol–water partition coefficient (Wildman–Crippen LogP) is 1.64. The summed E-state index contributed by atoms with van der Waals surface area (Å²) in [6, 6.07) is 5.78. The lowest BCUT2D eigenvalue weighted by Gasteiger charge is -2.19. The minimum Gasteiger partial charge on any atom is -0.486 e. The molecule has 0 aliphatic carbocycles. The first-order chi connectivity index (χ1) is 7.75. The Morgan fingerprint density at radius 3 is 2.81 bits per heavy atom. The lowest BCUT2D eigenvalue weighted by atomic mass is 10.2. The molecule has 0 fully saturated rings. The third kappa shape index (κ3) is 2.79. The first kappa shape index (κ1) is 11.1. The molecule has 0 aromatic heterocycles. The summed E-state index contributed by atoms with van der Waals surface area (Å²) in [5, 5.41) is 12.4. The normalized spacial score (nSPS) is 15.6. The van der Waals surface area contributed by atoms with Crippen molar-refractivity contribution < 1.29 is 14.6 Å². The number of ether oxygens (including phenoxy) is 2. The van der Waals surface area contributed by atoms with Gasteiger partial charge in [0.05, 0.1) is 6.10 Å². The maximum Gasteiger partial charge on any atom is 0.163 e. The Balaban J connectivity index is 1.95. The highest BCUT2D eigenvalue weighted by atomic mass is 16.6. The maximum atomic E-state index is 9.14. The molecule has 4 nitrogen and oxygen atoms in total. The number of rotatable bonds is 4. The van der Waals surface area contributed by atoms with Gasteiger partial charge in [0.2, 0.25) is 0 Å². The summed E-state index contributed by atoms with van der Waals surface area (Å²) in [6.45, 7) is 3.74. The highest BCUT2D eigenvalue weighted by Crippen LogP contribution is 2.32. The monoisotopic (exact) mass is 223 g/mol. The summed E-state index contributed by atoms with van der Waals surface area (Å²) in [5.74, 6) is 1.58. The second-order valence-corrected chi connectivity index (χ2v) is 3.92. The molecule has 1 aromatic rings. The third-order valence-electron chi connectivity index (χ3n) is 2.43. The standard InChI is InChI=1S/C12H17NO3/c1-9(14)4-5-13-10-2-3-11-12(8-10)16-7-6-15-11/h2-3,8-9,13-14H,4-7H2,1H3. The van der Waals surface area contributed by atoms with E-state index in [2.05, 4.69) is 5.32 Å². The zero-order valence-electron chi connectivity index (χ0n) is 9.40. The van der Waals surface area contributed by atoms with Gasteiger partial charge in [0, 0.05) is 18.3 Å². The van der Waals surface area contributed by atoms with Gasteiger partial charge in [-0.1, -0.05) is 0 Å². The van der Waals surface area contributed by atoms with Crippen LogP contribution in [0.15, 0.2) is 18.2 Å². The maximum absolute atomic E-state index is 9.14. The van der Waals surface area contributed by atoms with E-state index in [1.54, 1.807) is 6.92 Å². The molecule has 0 amide bonds. The summed E-state index contributed by atoms with van der Waals surface area (Å²) in [5.41, 5.74) is 0.991. The van der Waals surface area contributed by atoms with Crippen LogP contribution in [-0.2, 0) is 0 Å². The van der Waals surface area contributed by atoms with Crippen LogP contribution in [0, 0.1) is 0 Å². The van der Waals surface area contributed by atoms with E-state index in [0.29, 0.717) is 13.2 Å². The highest BCUT2D eigenvalue weighted by molar-refractivity contribution is 5.55. The van der Waals surface area contributed by atoms with Gasteiger partial charge >= 0.3 is 0 Å². The van der Waals surface area contributed by atoms with Crippen LogP contribution in [0.4, 0.5) is 5.69 Å². The van der Waals surface area contributed by atoms with Crippen molar-refractivity contribution in [1.82, 2.24) is 0 Å². The largest absolute Gasteiger partial charge is 0.486 e. The number of aliphatic hydroxyl groups is 1. The second-order valence-electron chi connectivity index (χ2n) is 3.92. The molecule has 88 valence electrons. The molecule has 0 saturated heterocycles. The first-order valence-corrected chi connectivity index (χ1v) is 5.57. The quantitative estimate of drug-likeness (QED) is 0.814. The molecule has 0 bridgehead atoms. The van der Waals surface area contributed by atoms with Crippen LogP contribution in [0.3, 0.4) is 0 Å². The van der Waals surface area contributed by atoms with Gasteiger partial charge in [0.15, 0.2) is 11.5 Å². The summed E-state index contributed by atoms with van der Waals surface area (Å²) < 4.78 is 10.9. The van der Waals surface area contributed by atoms with Gasteiger partial charge in [0.1, 0.15) is 13.2 Å². The Labute approximate surface area is 95.2 Å². The fraction of sp³-hybridized carbons (Fsp3) is 0.500. The minimum absolute atomic E-state index is 0.273. The van der Waals surface area contributed by atoms with Gasteiger partial charge in [-0.2, -0.15) is 0 Å². The average Bonchev–Trinajstić information content (AvgIpc) is 2.28. The molecule has 0 radical (unpaired) electrons. The van der Waals surface area contributed by atoms with Gasteiger partial charge in [-0.3, -0.25) is 0 Å². The van der Waals surface area contributed by atoms with E-state index < -0.39 is 0 Å². The van der Waals surface area contributed by atoms with Crippen molar-refractivity contribution in [1.29, 1.82) is 0 Å². The molecule has 4 heteroatoms. The van der Waals surface area contributed by atoms with Crippen molar-refractivity contribution in [2.24, 2.45) is 0 Å². The van der Waals surface area contributed by atoms with E-state index in [0.717, 1.165) is 30.2 Å². The van der Waals surface area contributed by atoms with Crippen molar-refractivity contribution in [2.45, 2.75) is 19.4 Å². The lowest BCUT2D eigenvalue weighted by molar-refractivity contribution is 0.171. The number of hydrogen-bond donors (Lipinski definition) is 2. The van der Waals surface area contributed by atoms with Gasteiger partial charge in [0.25, 0.3) is 0 Å².